The quantitative estimate of drug-likeness (QED) is 0.202. The number of carbonyl (C=O) groups is 2. The van der Waals surface area contributed by atoms with Gasteiger partial charge < -0.3 is 24.6 Å². The Labute approximate surface area is 281 Å². The zero-order valence-electron chi connectivity index (χ0n) is 26.6. The molecule has 4 aromatic rings. The lowest BCUT2D eigenvalue weighted by Crippen LogP contribution is -2.51. The summed E-state index contributed by atoms with van der Waals surface area (Å²) < 4.78 is 42.0. The van der Waals surface area contributed by atoms with E-state index in [9.17, 15) is 18.0 Å². The second-order valence-electron chi connectivity index (χ2n) is 12.0. The van der Waals surface area contributed by atoms with E-state index in [1.807, 2.05) is 60.7 Å². The lowest BCUT2D eigenvalue weighted by atomic mass is 9.92. The summed E-state index contributed by atoms with van der Waals surface area (Å²) in [4.78, 5) is 29.8. The topological polar surface area (TPSA) is 114 Å². The molecule has 250 valence electrons. The van der Waals surface area contributed by atoms with E-state index in [4.69, 9.17) is 13.7 Å². The summed E-state index contributed by atoms with van der Waals surface area (Å²) in [6, 6.07) is 33.7. The van der Waals surface area contributed by atoms with Crippen molar-refractivity contribution in [2.45, 2.75) is 37.4 Å². The predicted octanol–water partition coefficient (Wildman–Crippen LogP) is 4.80. The van der Waals surface area contributed by atoms with Crippen LogP contribution in [0.4, 0.5) is 5.69 Å². The number of ether oxygens (including phenoxy) is 2. The van der Waals surface area contributed by atoms with E-state index >= 15 is 0 Å². The van der Waals surface area contributed by atoms with Gasteiger partial charge in [-0.1, -0.05) is 66.7 Å². The van der Waals surface area contributed by atoms with Gasteiger partial charge in [-0.3, -0.25) is 13.8 Å². The molecule has 1 N–H and O–H groups in total. The molecule has 2 fully saturated rings. The first-order valence-electron chi connectivity index (χ1n) is 16.1. The van der Waals surface area contributed by atoms with Gasteiger partial charge in [-0.15, -0.1) is 0 Å². The predicted molar refractivity (Wildman–Crippen MR) is 182 cm³/mol. The number of nitrogens with zero attached hydrogens (tertiary/aromatic N) is 2. The van der Waals surface area contributed by atoms with Crippen LogP contribution in [0.5, 0.6) is 11.5 Å². The van der Waals surface area contributed by atoms with E-state index in [0.29, 0.717) is 62.5 Å². The molecule has 1 saturated carbocycles. The summed E-state index contributed by atoms with van der Waals surface area (Å²) in [5, 5.41) is 2.73. The smallest absolute Gasteiger partial charge is 0.271 e. The number of nitrogens with one attached hydrogen (secondary N) is 1. The molecular weight excluding hydrogens is 630 g/mol. The third kappa shape index (κ3) is 9.14. The van der Waals surface area contributed by atoms with Crippen molar-refractivity contribution in [2.75, 3.05) is 37.6 Å². The fourth-order valence-corrected chi connectivity index (χ4v) is 6.93. The van der Waals surface area contributed by atoms with Crippen molar-refractivity contribution in [3.05, 3.63) is 126 Å². The Kier molecular flexibility index (Phi) is 10.6. The number of piperazine rings is 1. The Morgan fingerprint density at radius 1 is 0.729 bits per heavy atom. The fraction of sp³-hybridized carbons (Fsp3) is 0.297. The summed E-state index contributed by atoms with van der Waals surface area (Å²) in [5.74, 6) is 0.619. The lowest BCUT2D eigenvalue weighted by molar-refractivity contribution is -0.130. The maximum atomic E-state index is 12.9. The molecule has 1 saturated heterocycles. The Balaban J connectivity index is 0.896. The minimum Gasteiger partial charge on any atom is -0.490 e. The van der Waals surface area contributed by atoms with Gasteiger partial charge in [0.1, 0.15) is 30.0 Å². The van der Waals surface area contributed by atoms with Crippen LogP contribution in [-0.4, -0.2) is 70.1 Å². The summed E-state index contributed by atoms with van der Waals surface area (Å²) in [5.41, 5.74) is 3.23. The second-order valence-corrected chi connectivity index (χ2v) is 13.6. The number of anilines is 1. The molecule has 0 bridgehead atoms. The second kappa shape index (κ2) is 15.4. The Morgan fingerprint density at radius 2 is 1.40 bits per heavy atom. The van der Waals surface area contributed by atoms with Crippen molar-refractivity contribution in [3.63, 3.8) is 0 Å². The van der Waals surface area contributed by atoms with Gasteiger partial charge in [-0.2, -0.15) is 8.42 Å². The van der Waals surface area contributed by atoms with Crippen LogP contribution in [-0.2, 0) is 31.5 Å². The molecule has 10 nitrogen and oxygen atoms in total. The summed E-state index contributed by atoms with van der Waals surface area (Å²) in [7, 11) is -3.70. The van der Waals surface area contributed by atoms with Gasteiger partial charge in [0.05, 0.1) is 12.6 Å². The van der Waals surface area contributed by atoms with Crippen LogP contribution in [0.1, 0.15) is 34.3 Å². The van der Waals surface area contributed by atoms with Crippen molar-refractivity contribution in [2.24, 2.45) is 0 Å². The summed E-state index contributed by atoms with van der Waals surface area (Å²) in [6.07, 6.45) is 0.209. The highest BCUT2D eigenvalue weighted by molar-refractivity contribution is 7.85. The third-order valence-corrected chi connectivity index (χ3v) is 9.65. The monoisotopic (exact) mass is 669 g/mol. The maximum Gasteiger partial charge on any atom is 0.271 e. The van der Waals surface area contributed by atoms with E-state index in [0.717, 1.165) is 17.0 Å². The minimum atomic E-state index is -3.70. The molecule has 0 radical (unpaired) electrons. The Hall–Kier alpha value is -4.87. The van der Waals surface area contributed by atoms with E-state index in [1.165, 1.54) is 0 Å². The molecule has 48 heavy (non-hydrogen) atoms. The van der Waals surface area contributed by atoms with Crippen LogP contribution < -0.4 is 19.7 Å². The summed E-state index contributed by atoms with van der Waals surface area (Å²) in [6.45, 7) is 2.91. The number of benzene rings is 4. The van der Waals surface area contributed by atoms with Gasteiger partial charge in [0.15, 0.2) is 0 Å². The third-order valence-electron chi connectivity index (χ3n) is 8.40. The molecule has 2 aliphatic rings. The van der Waals surface area contributed by atoms with E-state index in [2.05, 4.69) is 10.2 Å². The Morgan fingerprint density at radius 3 is 2.08 bits per heavy atom. The van der Waals surface area contributed by atoms with Crippen LogP contribution in [0.2, 0.25) is 0 Å². The lowest BCUT2D eigenvalue weighted by Gasteiger charge is -2.36. The van der Waals surface area contributed by atoms with E-state index in [1.54, 1.807) is 53.4 Å². The standard InChI is InChI=1S/C37H39N3O7S/c41-36(40-20-18-39(19-21-40)31-14-16-32(17-15-31)45-26-28-8-3-1-4-9-28)25-38-37(42)30-12-7-13-33(22-30)46-34-23-35(24-34)47-48(43,44)27-29-10-5-2-6-11-29/h1-17,22,34-35H,18-21,23-27H2,(H,38,42). The molecule has 0 atom stereocenters. The van der Waals surface area contributed by atoms with Gasteiger partial charge in [-0.05, 0) is 53.6 Å². The summed E-state index contributed by atoms with van der Waals surface area (Å²) >= 11 is 0. The van der Waals surface area contributed by atoms with Gasteiger partial charge in [-0.25, -0.2) is 0 Å². The van der Waals surface area contributed by atoms with Crippen molar-refractivity contribution in [1.82, 2.24) is 10.2 Å². The van der Waals surface area contributed by atoms with Crippen molar-refractivity contribution >= 4 is 27.6 Å². The van der Waals surface area contributed by atoms with E-state index in [-0.39, 0.29) is 30.2 Å². The zero-order valence-corrected chi connectivity index (χ0v) is 27.4. The molecule has 6 rings (SSSR count). The van der Waals surface area contributed by atoms with Crippen LogP contribution in [0.25, 0.3) is 0 Å². The highest BCUT2D eigenvalue weighted by Crippen LogP contribution is 2.30. The first-order chi connectivity index (χ1) is 23.3. The van der Waals surface area contributed by atoms with Gasteiger partial charge in [0.2, 0.25) is 5.91 Å². The molecule has 2 amide bonds. The molecule has 1 aliphatic carbocycles. The zero-order chi connectivity index (χ0) is 33.3. The molecule has 11 heteroatoms. The minimum absolute atomic E-state index is 0.101. The average molecular weight is 670 g/mol. The fourth-order valence-electron chi connectivity index (χ4n) is 5.69. The molecule has 1 aliphatic heterocycles. The van der Waals surface area contributed by atoms with Crippen LogP contribution in [0.15, 0.2) is 109 Å². The molecule has 1 heterocycles. The number of rotatable bonds is 13. The number of hydrogen-bond acceptors (Lipinski definition) is 8. The van der Waals surface area contributed by atoms with Gasteiger partial charge >= 0.3 is 0 Å². The Bertz CT molecular complexity index is 1770. The van der Waals surface area contributed by atoms with Crippen LogP contribution >= 0.6 is 0 Å². The SMILES string of the molecule is O=C(NCC(=O)N1CCN(c2ccc(OCc3ccccc3)cc2)CC1)c1cccc(OC2CC(OS(=O)(=O)Cc3ccccc3)C2)c1. The molecular formula is C37H39N3O7S. The first kappa shape index (κ1) is 33.0. The van der Waals surface area contributed by atoms with Gasteiger partial charge in [0, 0.05) is 50.3 Å². The largest absolute Gasteiger partial charge is 0.490 e. The molecule has 4 aromatic carbocycles. The van der Waals surface area contributed by atoms with Crippen LogP contribution in [0.3, 0.4) is 0 Å². The van der Waals surface area contributed by atoms with Crippen molar-refractivity contribution < 1.29 is 31.7 Å². The number of hydrogen-bond donors (Lipinski definition) is 1. The van der Waals surface area contributed by atoms with Gasteiger partial charge in [0.25, 0.3) is 16.0 Å². The maximum absolute atomic E-state index is 12.9. The van der Waals surface area contributed by atoms with E-state index < -0.39 is 16.2 Å². The molecule has 0 aromatic heterocycles. The highest BCUT2D eigenvalue weighted by Gasteiger charge is 2.35. The highest BCUT2D eigenvalue weighted by atomic mass is 32.2. The normalized spacial score (nSPS) is 17.7. The molecule has 0 unspecified atom stereocenters. The van der Waals surface area contributed by atoms with Crippen molar-refractivity contribution in [3.8, 4) is 11.5 Å². The van der Waals surface area contributed by atoms with Crippen molar-refractivity contribution in [1.29, 1.82) is 0 Å². The average Bonchev–Trinajstić information content (AvgIpc) is 3.09. The number of carbonyl (C=O) groups excluding carboxylic acids is 2. The first-order valence-corrected chi connectivity index (χ1v) is 17.7. The number of amides is 2. The molecule has 0 spiro atoms. The van der Waals surface area contributed by atoms with Crippen LogP contribution in [0, 0.1) is 0 Å².